The fourth-order valence-electron chi connectivity index (χ4n) is 0.653. The van der Waals surface area contributed by atoms with E-state index in [1.165, 1.54) is 0 Å². The zero-order valence-corrected chi connectivity index (χ0v) is 8.52. The Balaban J connectivity index is 3.55. The molecule has 1 N–H and O–H groups in total. The molecule has 13 heavy (non-hydrogen) atoms. The lowest BCUT2D eigenvalue weighted by molar-refractivity contribution is -0.136. The van der Waals surface area contributed by atoms with Gasteiger partial charge in [0.2, 0.25) is 0 Å². The van der Waals surface area contributed by atoms with Crippen LogP contribution < -0.4 is 5.32 Å². The molecular weight excluding hydrogens is 166 g/mol. The van der Waals surface area contributed by atoms with Gasteiger partial charge in [-0.1, -0.05) is 12.8 Å². The SMILES string of the molecule is CCOC(=O)C#CCNC(C)CC. The molecule has 0 saturated carbocycles. The van der Waals surface area contributed by atoms with Crippen LogP contribution in [0.15, 0.2) is 0 Å². The highest BCUT2D eigenvalue weighted by Gasteiger charge is 1.94. The highest BCUT2D eigenvalue weighted by atomic mass is 16.5. The van der Waals surface area contributed by atoms with Gasteiger partial charge in [-0.2, -0.15) is 0 Å². The van der Waals surface area contributed by atoms with Gasteiger partial charge in [0.15, 0.2) is 0 Å². The third-order valence-corrected chi connectivity index (χ3v) is 1.62. The monoisotopic (exact) mass is 183 g/mol. The molecule has 1 unspecified atom stereocenters. The number of nitrogens with one attached hydrogen (secondary N) is 1. The Hall–Kier alpha value is -1.01. The van der Waals surface area contributed by atoms with E-state index in [0.717, 1.165) is 6.42 Å². The molecule has 0 aliphatic heterocycles. The molecule has 3 heteroatoms. The number of rotatable bonds is 4. The maximum absolute atomic E-state index is 10.7. The van der Waals surface area contributed by atoms with Crippen molar-refractivity contribution in [3.8, 4) is 11.8 Å². The molecule has 0 aromatic rings. The predicted molar refractivity (Wildman–Crippen MR) is 52.2 cm³/mol. The molecule has 1 atom stereocenters. The standard InChI is InChI=1S/C10H17NO2/c1-4-9(3)11-8-6-7-10(12)13-5-2/h9,11H,4-5,8H2,1-3H3. The Morgan fingerprint density at radius 1 is 1.54 bits per heavy atom. The smallest absolute Gasteiger partial charge is 0.384 e. The Morgan fingerprint density at radius 2 is 2.23 bits per heavy atom. The highest BCUT2D eigenvalue weighted by molar-refractivity contribution is 5.88. The molecule has 3 nitrogen and oxygen atoms in total. The van der Waals surface area contributed by atoms with Crippen molar-refractivity contribution < 1.29 is 9.53 Å². The average molecular weight is 183 g/mol. The fourth-order valence-corrected chi connectivity index (χ4v) is 0.653. The molecule has 74 valence electrons. The summed E-state index contributed by atoms with van der Waals surface area (Å²) in [6, 6.07) is 0.441. The lowest BCUT2D eigenvalue weighted by Crippen LogP contribution is -2.25. The number of hydrogen-bond donors (Lipinski definition) is 1. The number of ether oxygens (including phenoxy) is 1. The molecule has 0 aliphatic rings. The Morgan fingerprint density at radius 3 is 2.77 bits per heavy atom. The molecule has 0 spiro atoms. The first-order valence-electron chi connectivity index (χ1n) is 4.59. The van der Waals surface area contributed by atoms with Crippen molar-refractivity contribution in [2.24, 2.45) is 0 Å². The summed E-state index contributed by atoms with van der Waals surface area (Å²) < 4.78 is 4.63. The number of esters is 1. The van der Waals surface area contributed by atoms with E-state index in [2.05, 4.69) is 35.7 Å². The molecule has 0 aromatic carbocycles. The number of carbonyl (C=O) groups is 1. The third kappa shape index (κ3) is 7.35. The van der Waals surface area contributed by atoms with E-state index >= 15 is 0 Å². The van der Waals surface area contributed by atoms with Crippen LogP contribution in [0.2, 0.25) is 0 Å². The molecule has 0 aromatic heterocycles. The molecule has 0 radical (unpaired) electrons. The molecule has 0 aliphatic carbocycles. The van der Waals surface area contributed by atoms with Gasteiger partial charge in [-0.15, -0.1) is 0 Å². The maximum Gasteiger partial charge on any atom is 0.384 e. The van der Waals surface area contributed by atoms with Crippen molar-refractivity contribution in [1.29, 1.82) is 0 Å². The first-order chi connectivity index (χ1) is 6.20. The van der Waals surface area contributed by atoms with Crippen LogP contribution in [0.4, 0.5) is 0 Å². The van der Waals surface area contributed by atoms with Crippen LogP contribution in [0.25, 0.3) is 0 Å². The van der Waals surface area contributed by atoms with Gasteiger partial charge in [0.05, 0.1) is 13.2 Å². The van der Waals surface area contributed by atoms with E-state index in [1.807, 2.05) is 0 Å². The van der Waals surface area contributed by atoms with Crippen LogP contribution in [-0.4, -0.2) is 25.2 Å². The van der Waals surface area contributed by atoms with Crippen molar-refractivity contribution in [2.75, 3.05) is 13.2 Å². The molecule has 0 heterocycles. The van der Waals surface area contributed by atoms with Crippen molar-refractivity contribution in [3.63, 3.8) is 0 Å². The summed E-state index contributed by atoms with van der Waals surface area (Å²) >= 11 is 0. The summed E-state index contributed by atoms with van der Waals surface area (Å²) in [5.41, 5.74) is 0. The van der Waals surface area contributed by atoms with Crippen LogP contribution in [-0.2, 0) is 9.53 Å². The van der Waals surface area contributed by atoms with Crippen LogP contribution >= 0.6 is 0 Å². The lowest BCUT2D eigenvalue weighted by Gasteiger charge is -2.06. The number of carbonyl (C=O) groups excluding carboxylic acids is 1. The minimum atomic E-state index is -0.451. The second kappa shape index (κ2) is 7.63. The Kier molecular flexibility index (Phi) is 7.04. The molecule has 0 amide bonds. The van der Waals surface area contributed by atoms with Crippen molar-refractivity contribution in [1.82, 2.24) is 5.32 Å². The van der Waals surface area contributed by atoms with Crippen LogP contribution in [0.3, 0.4) is 0 Å². The summed E-state index contributed by atoms with van der Waals surface area (Å²) in [5.74, 6) is 4.64. The van der Waals surface area contributed by atoms with E-state index in [4.69, 9.17) is 0 Å². The quantitative estimate of drug-likeness (QED) is 0.400. The van der Waals surface area contributed by atoms with Gasteiger partial charge in [0.1, 0.15) is 0 Å². The minimum Gasteiger partial charge on any atom is -0.456 e. The van der Waals surface area contributed by atoms with E-state index in [-0.39, 0.29) is 0 Å². The first-order valence-corrected chi connectivity index (χ1v) is 4.59. The summed E-state index contributed by atoms with van der Waals surface area (Å²) in [5, 5.41) is 3.15. The van der Waals surface area contributed by atoms with Gasteiger partial charge >= 0.3 is 5.97 Å². The van der Waals surface area contributed by atoms with Crippen LogP contribution in [0.1, 0.15) is 27.2 Å². The van der Waals surface area contributed by atoms with Crippen LogP contribution in [0, 0.1) is 11.8 Å². The zero-order chi connectivity index (χ0) is 10.1. The topological polar surface area (TPSA) is 38.3 Å². The first kappa shape index (κ1) is 12.0. The summed E-state index contributed by atoms with van der Waals surface area (Å²) in [7, 11) is 0. The van der Waals surface area contributed by atoms with Gasteiger partial charge < -0.3 is 10.1 Å². The minimum absolute atomic E-state index is 0.381. The van der Waals surface area contributed by atoms with Crippen molar-refractivity contribution in [2.45, 2.75) is 33.2 Å². The molecule has 0 fully saturated rings. The lowest BCUT2D eigenvalue weighted by atomic mass is 10.3. The van der Waals surface area contributed by atoms with E-state index in [9.17, 15) is 4.79 Å². The van der Waals surface area contributed by atoms with E-state index < -0.39 is 5.97 Å². The fraction of sp³-hybridized carbons (Fsp3) is 0.700. The number of hydrogen-bond acceptors (Lipinski definition) is 3. The van der Waals surface area contributed by atoms with E-state index in [1.54, 1.807) is 6.92 Å². The second-order valence-electron chi connectivity index (χ2n) is 2.71. The summed E-state index contributed by atoms with van der Waals surface area (Å²) in [6.07, 6.45) is 1.06. The van der Waals surface area contributed by atoms with Gasteiger partial charge in [-0.3, -0.25) is 0 Å². The Labute approximate surface area is 79.8 Å². The highest BCUT2D eigenvalue weighted by Crippen LogP contribution is 1.85. The van der Waals surface area contributed by atoms with Gasteiger partial charge in [-0.25, -0.2) is 4.79 Å². The maximum atomic E-state index is 10.7. The third-order valence-electron chi connectivity index (χ3n) is 1.62. The normalized spacial score (nSPS) is 11.3. The Bertz CT molecular complexity index is 203. The van der Waals surface area contributed by atoms with Gasteiger partial charge in [0, 0.05) is 12.0 Å². The van der Waals surface area contributed by atoms with Gasteiger partial charge in [-0.05, 0) is 20.3 Å². The molecule has 0 bridgehead atoms. The summed E-state index contributed by atoms with van der Waals surface area (Å²) in [6.45, 7) is 6.85. The molecule has 0 saturated heterocycles. The predicted octanol–water partition coefficient (Wildman–Crippen LogP) is 0.941. The van der Waals surface area contributed by atoms with Crippen LogP contribution in [0.5, 0.6) is 0 Å². The van der Waals surface area contributed by atoms with Gasteiger partial charge in [0.25, 0.3) is 0 Å². The average Bonchev–Trinajstić information content (AvgIpc) is 2.12. The zero-order valence-electron chi connectivity index (χ0n) is 8.52. The molecular formula is C10H17NO2. The van der Waals surface area contributed by atoms with Crippen molar-refractivity contribution >= 4 is 5.97 Å². The second-order valence-corrected chi connectivity index (χ2v) is 2.71. The van der Waals surface area contributed by atoms with E-state index in [0.29, 0.717) is 19.2 Å². The van der Waals surface area contributed by atoms with Crippen molar-refractivity contribution in [3.05, 3.63) is 0 Å². The largest absolute Gasteiger partial charge is 0.456 e. The summed E-state index contributed by atoms with van der Waals surface area (Å²) in [4.78, 5) is 10.7. The molecule has 0 rings (SSSR count).